The second-order valence-electron chi connectivity index (χ2n) is 22.5. The third-order valence-electron chi connectivity index (χ3n) is 18.2. The van der Waals surface area contributed by atoms with Crippen LogP contribution >= 0.6 is 0 Å². The Kier molecular flexibility index (Phi) is 10.3. The summed E-state index contributed by atoms with van der Waals surface area (Å²) in [6, 6.07) is 111. The smallest absolute Gasteiger partial charge is 0.159 e. The molecule has 0 saturated heterocycles. The lowest BCUT2D eigenvalue weighted by molar-refractivity contribution is 0.670. The monoisotopic (exact) mass is 1080 g/mol. The molecule has 0 atom stereocenters. The average molecular weight is 1080 g/mol. The molecule has 0 bridgehead atoms. The van der Waals surface area contributed by atoms with Crippen molar-refractivity contribution in [2.24, 2.45) is 0 Å². The lowest BCUT2D eigenvalue weighted by Gasteiger charge is -2.33. The molecule has 2 heterocycles. The van der Waals surface area contributed by atoms with Crippen molar-refractivity contribution in [2.75, 3.05) is 9.80 Å². The van der Waals surface area contributed by atoms with Gasteiger partial charge >= 0.3 is 0 Å². The van der Waals surface area contributed by atoms with Gasteiger partial charge in [-0.1, -0.05) is 249 Å². The fourth-order valence-corrected chi connectivity index (χ4v) is 14.8. The molecule has 2 aliphatic rings. The van der Waals surface area contributed by atoms with E-state index in [0.29, 0.717) is 0 Å². The van der Waals surface area contributed by atoms with E-state index in [1.54, 1.807) is 0 Å². The summed E-state index contributed by atoms with van der Waals surface area (Å²) in [5, 5.41) is 9.03. The first-order chi connectivity index (χ1) is 42.2. The van der Waals surface area contributed by atoms with Crippen LogP contribution < -0.4 is 9.80 Å². The summed E-state index contributed by atoms with van der Waals surface area (Å²) in [6.07, 6.45) is 0. The summed E-state index contributed by atoms with van der Waals surface area (Å²) in [5.41, 5.74) is 23.4. The van der Waals surface area contributed by atoms with Crippen LogP contribution in [0.2, 0.25) is 0 Å². The Bertz CT molecular complexity index is 5330. The van der Waals surface area contributed by atoms with E-state index in [9.17, 15) is 0 Å². The number of rotatable bonds is 8. The molecule has 396 valence electrons. The topological polar surface area (TPSA) is 32.8 Å². The maximum Gasteiger partial charge on any atom is 0.159 e. The average Bonchev–Trinajstić information content (AvgIpc) is 1.53. The van der Waals surface area contributed by atoms with Gasteiger partial charge in [0.1, 0.15) is 11.2 Å². The van der Waals surface area contributed by atoms with Gasteiger partial charge < -0.3 is 18.6 Å². The Labute approximate surface area is 490 Å². The summed E-state index contributed by atoms with van der Waals surface area (Å²) in [7, 11) is 0. The van der Waals surface area contributed by atoms with Gasteiger partial charge in [-0.05, 0) is 126 Å². The van der Waals surface area contributed by atoms with E-state index in [1.165, 1.54) is 55.3 Å². The van der Waals surface area contributed by atoms with Crippen molar-refractivity contribution in [1.82, 2.24) is 0 Å². The highest BCUT2D eigenvalue weighted by Gasteiger charge is 2.53. The molecule has 1 spiro atoms. The van der Waals surface area contributed by atoms with Gasteiger partial charge in [0.2, 0.25) is 0 Å². The number of hydrogen-bond acceptors (Lipinski definition) is 4. The fraction of sp³-hybridized carbons (Fsp3) is 0.0123. The van der Waals surface area contributed by atoms with Crippen molar-refractivity contribution >= 4 is 99.5 Å². The summed E-state index contributed by atoms with van der Waals surface area (Å²) in [6.45, 7) is 0. The SMILES string of the molecule is c1ccc(-c2cccc3c2oc2c(N(c4ccccc4)c4ccc5c6c(ccc5c4)-c4c(cc(N(c5ccccc5)c5cccc7c5oc5c(-c8ccccc8)cccc57)c5ccccc45)C64c5ccccc5-c5ccccc54)cccc23)cc1. The van der Waals surface area contributed by atoms with E-state index in [1.807, 2.05) is 0 Å². The largest absolute Gasteiger partial charge is 0.453 e. The first-order valence-corrected chi connectivity index (χ1v) is 29.2. The van der Waals surface area contributed by atoms with Gasteiger partial charge in [0, 0.05) is 55.1 Å². The zero-order valence-electron chi connectivity index (χ0n) is 46.1. The Morgan fingerprint density at radius 3 is 1.27 bits per heavy atom. The highest BCUT2D eigenvalue weighted by atomic mass is 16.3. The van der Waals surface area contributed by atoms with Crippen molar-refractivity contribution < 1.29 is 8.83 Å². The molecule has 0 radical (unpaired) electrons. The molecule has 2 aromatic heterocycles. The molecule has 14 aromatic carbocycles. The highest BCUT2D eigenvalue weighted by molar-refractivity contribution is 6.19. The Morgan fingerprint density at radius 2 is 0.694 bits per heavy atom. The van der Waals surface area contributed by atoms with Gasteiger partial charge in [-0.3, -0.25) is 0 Å². The van der Waals surface area contributed by atoms with Gasteiger partial charge in [0.15, 0.2) is 11.2 Å². The van der Waals surface area contributed by atoms with Gasteiger partial charge in [0.05, 0.1) is 22.5 Å². The van der Waals surface area contributed by atoms with E-state index in [-0.39, 0.29) is 0 Å². The van der Waals surface area contributed by atoms with E-state index in [2.05, 4.69) is 313 Å². The van der Waals surface area contributed by atoms with E-state index in [4.69, 9.17) is 8.83 Å². The zero-order valence-corrected chi connectivity index (χ0v) is 46.1. The van der Waals surface area contributed by atoms with Crippen molar-refractivity contribution in [3.8, 4) is 44.5 Å². The van der Waals surface area contributed by atoms with Gasteiger partial charge in [-0.15, -0.1) is 0 Å². The summed E-state index contributed by atoms with van der Waals surface area (Å²) < 4.78 is 14.4. The maximum absolute atomic E-state index is 7.27. The standard InChI is InChI=1S/C81H50N2O2/c1-5-23-51(24-6-1)58-35-19-37-64-66-39-21-43-72(79(66)84-77(58)64)82(54-27-9-3-10-28-54)56-46-48-57-53(49-56)45-47-68-75-63-34-14-13-33-62(63)74(50-71(75)81(76(57)68)69-41-17-15-31-60(69)61-32-16-18-42-70(61)81)83(55-29-11-4-12-30-55)73-44-22-40-67-65-38-20-36-59(78(65)85-80(67)73)52-25-7-2-8-26-52/h1-50H. The second kappa shape index (κ2) is 18.4. The van der Waals surface area contributed by atoms with E-state index < -0.39 is 5.41 Å². The molecule has 18 rings (SSSR count). The molecular formula is C81H50N2O2. The van der Waals surface area contributed by atoms with E-state index >= 15 is 0 Å². The maximum atomic E-state index is 7.27. The van der Waals surface area contributed by atoms with Gasteiger partial charge in [-0.2, -0.15) is 0 Å². The summed E-state index contributed by atoms with van der Waals surface area (Å²) in [5.74, 6) is 0. The van der Waals surface area contributed by atoms with Crippen LogP contribution in [-0.4, -0.2) is 0 Å². The van der Waals surface area contributed by atoms with E-state index in [0.717, 1.165) is 111 Å². The van der Waals surface area contributed by atoms with Crippen molar-refractivity contribution in [2.45, 2.75) is 5.41 Å². The highest BCUT2D eigenvalue weighted by Crippen LogP contribution is 2.66. The Morgan fingerprint density at radius 1 is 0.247 bits per heavy atom. The normalized spacial score (nSPS) is 12.8. The molecule has 0 N–H and O–H groups in total. The molecule has 0 fully saturated rings. The molecule has 4 heteroatoms. The van der Waals surface area contributed by atoms with Crippen molar-refractivity contribution in [1.29, 1.82) is 0 Å². The van der Waals surface area contributed by atoms with Crippen LogP contribution in [0.1, 0.15) is 22.3 Å². The summed E-state index contributed by atoms with van der Waals surface area (Å²) in [4.78, 5) is 4.82. The molecule has 0 saturated carbocycles. The molecule has 2 aliphatic carbocycles. The predicted molar refractivity (Wildman–Crippen MR) is 353 cm³/mol. The quantitative estimate of drug-likeness (QED) is 0.152. The predicted octanol–water partition coefficient (Wildman–Crippen LogP) is 22.4. The molecule has 4 nitrogen and oxygen atoms in total. The van der Waals surface area contributed by atoms with Crippen LogP contribution in [0.15, 0.2) is 312 Å². The van der Waals surface area contributed by atoms with Crippen molar-refractivity contribution in [3.05, 3.63) is 326 Å². The minimum absolute atomic E-state index is 0.703. The molecular weight excluding hydrogens is 1030 g/mol. The lowest BCUT2D eigenvalue weighted by Crippen LogP contribution is -2.26. The summed E-state index contributed by atoms with van der Waals surface area (Å²) >= 11 is 0. The van der Waals surface area contributed by atoms with Crippen LogP contribution in [-0.2, 0) is 5.41 Å². The number of hydrogen-bond donors (Lipinski definition) is 0. The van der Waals surface area contributed by atoms with Crippen LogP contribution in [0.25, 0.3) is 110 Å². The number of nitrogens with zero attached hydrogens (tertiary/aromatic N) is 2. The first-order valence-electron chi connectivity index (χ1n) is 29.2. The van der Waals surface area contributed by atoms with Crippen molar-refractivity contribution in [3.63, 3.8) is 0 Å². The number of furan rings is 2. The van der Waals surface area contributed by atoms with Gasteiger partial charge in [0.25, 0.3) is 0 Å². The number of benzene rings is 14. The molecule has 16 aromatic rings. The fourth-order valence-electron chi connectivity index (χ4n) is 14.8. The molecule has 0 amide bonds. The third kappa shape index (κ3) is 6.79. The molecule has 85 heavy (non-hydrogen) atoms. The molecule has 0 aliphatic heterocycles. The minimum atomic E-state index is -0.703. The van der Waals surface area contributed by atoms with Crippen LogP contribution in [0.3, 0.4) is 0 Å². The van der Waals surface area contributed by atoms with Gasteiger partial charge in [-0.25, -0.2) is 0 Å². The van der Waals surface area contributed by atoms with Crippen LogP contribution in [0.5, 0.6) is 0 Å². The number of para-hydroxylation sites is 6. The van der Waals surface area contributed by atoms with Crippen LogP contribution in [0.4, 0.5) is 34.1 Å². The minimum Gasteiger partial charge on any atom is -0.453 e. The number of fused-ring (bicyclic) bond motifs is 20. The first kappa shape index (κ1) is 47.4. The second-order valence-corrected chi connectivity index (χ2v) is 22.5. The Balaban J connectivity index is 0.890. The Hall–Kier alpha value is -11.2. The third-order valence-corrected chi connectivity index (χ3v) is 18.2. The van der Waals surface area contributed by atoms with Crippen LogP contribution in [0, 0.1) is 0 Å². The zero-order chi connectivity index (χ0) is 55.7. The molecule has 0 unspecified atom stereocenters. The number of anilines is 6. The lowest BCUT2D eigenvalue weighted by atomic mass is 9.69.